The summed E-state index contributed by atoms with van der Waals surface area (Å²) in [4.78, 5) is 13.9. The number of aryl methyl sites for hydroxylation is 1. The summed E-state index contributed by atoms with van der Waals surface area (Å²) in [6.07, 6.45) is 3.10. The average Bonchev–Trinajstić information content (AvgIpc) is 2.93. The van der Waals surface area contributed by atoms with Crippen molar-refractivity contribution in [3.8, 4) is 0 Å². The van der Waals surface area contributed by atoms with Crippen molar-refractivity contribution >= 4 is 5.91 Å². The highest BCUT2D eigenvalue weighted by Crippen LogP contribution is 2.19. The van der Waals surface area contributed by atoms with E-state index in [1.807, 2.05) is 0 Å². The lowest BCUT2D eigenvalue weighted by Crippen LogP contribution is -2.35. The van der Waals surface area contributed by atoms with Gasteiger partial charge in [-0.1, -0.05) is 23.4 Å². The van der Waals surface area contributed by atoms with Gasteiger partial charge < -0.3 is 9.42 Å². The molecule has 2 heterocycles. The summed E-state index contributed by atoms with van der Waals surface area (Å²) in [6.45, 7) is 1.17. The molecule has 0 atom stereocenters. The van der Waals surface area contributed by atoms with Crippen LogP contribution in [0.25, 0.3) is 0 Å². The van der Waals surface area contributed by atoms with E-state index >= 15 is 0 Å². The van der Waals surface area contributed by atoms with E-state index in [9.17, 15) is 9.18 Å². The van der Waals surface area contributed by atoms with Crippen molar-refractivity contribution in [2.24, 2.45) is 0 Å². The van der Waals surface area contributed by atoms with Gasteiger partial charge >= 0.3 is 0 Å². The van der Waals surface area contributed by atoms with E-state index in [4.69, 9.17) is 4.52 Å². The molecule has 4 nitrogen and oxygen atoms in total. The Labute approximate surface area is 116 Å². The number of carbonyl (C=O) groups is 1. The summed E-state index contributed by atoms with van der Waals surface area (Å²) in [7, 11) is 0. The number of nitrogens with zero attached hydrogens (tertiary/aromatic N) is 2. The van der Waals surface area contributed by atoms with E-state index in [-0.39, 0.29) is 11.7 Å². The highest BCUT2D eigenvalue weighted by Gasteiger charge is 2.23. The molecular weight excluding hydrogens is 259 g/mol. The SMILES string of the molecule is O=C(CCc1ccccc1F)N1CCc2oncc2C1. The minimum atomic E-state index is -0.250. The van der Waals surface area contributed by atoms with E-state index in [1.54, 1.807) is 29.3 Å². The predicted molar refractivity (Wildman–Crippen MR) is 70.3 cm³/mol. The van der Waals surface area contributed by atoms with Gasteiger partial charge in [0.25, 0.3) is 0 Å². The fourth-order valence-electron chi connectivity index (χ4n) is 2.45. The van der Waals surface area contributed by atoms with Crippen LogP contribution < -0.4 is 0 Å². The zero-order valence-corrected chi connectivity index (χ0v) is 11.0. The molecule has 104 valence electrons. The zero-order chi connectivity index (χ0) is 13.9. The molecule has 1 aromatic heterocycles. The number of aromatic nitrogens is 1. The van der Waals surface area contributed by atoms with E-state index < -0.39 is 0 Å². The summed E-state index contributed by atoms with van der Waals surface area (Å²) >= 11 is 0. The predicted octanol–water partition coefficient (Wildman–Crippen LogP) is 2.33. The number of amides is 1. The summed E-state index contributed by atoms with van der Waals surface area (Å²) in [6, 6.07) is 6.58. The van der Waals surface area contributed by atoms with Crippen LogP contribution in [0.5, 0.6) is 0 Å². The summed E-state index contributed by atoms with van der Waals surface area (Å²) < 4.78 is 18.6. The van der Waals surface area contributed by atoms with E-state index in [2.05, 4.69) is 5.16 Å². The molecule has 0 bridgehead atoms. The largest absolute Gasteiger partial charge is 0.361 e. The van der Waals surface area contributed by atoms with E-state index in [0.717, 1.165) is 11.3 Å². The molecule has 1 amide bonds. The van der Waals surface area contributed by atoms with Gasteiger partial charge in [0.05, 0.1) is 12.7 Å². The molecule has 0 saturated carbocycles. The number of halogens is 1. The first-order valence-electron chi connectivity index (χ1n) is 6.67. The third kappa shape index (κ3) is 2.57. The number of rotatable bonds is 3. The third-order valence-corrected chi connectivity index (χ3v) is 3.62. The van der Waals surface area contributed by atoms with Crippen molar-refractivity contribution in [1.82, 2.24) is 10.1 Å². The molecule has 0 unspecified atom stereocenters. The molecule has 1 aromatic carbocycles. The van der Waals surface area contributed by atoms with Crippen LogP contribution in [0.4, 0.5) is 4.39 Å². The zero-order valence-electron chi connectivity index (χ0n) is 11.0. The second kappa shape index (κ2) is 5.45. The Bertz CT molecular complexity index is 624. The molecule has 0 saturated heterocycles. The number of hydrogen-bond acceptors (Lipinski definition) is 3. The molecule has 20 heavy (non-hydrogen) atoms. The van der Waals surface area contributed by atoms with Crippen LogP contribution in [0.2, 0.25) is 0 Å². The first kappa shape index (κ1) is 12.8. The van der Waals surface area contributed by atoms with Gasteiger partial charge in [0.1, 0.15) is 11.6 Å². The van der Waals surface area contributed by atoms with Crippen molar-refractivity contribution in [3.05, 3.63) is 53.2 Å². The smallest absolute Gasteiger partial charge is 0.223 e. The standard InChI is InChI=1S/C15H15FN2O2/c16-13-4-2-1-3-11(13)5-6-15(19)18-8-7-14-12(10-18)9-17-20-14/h1-4,9H,5-8,10H2. The molecule has 1 aliphatic rings. The highest BCUT2D eigenvalue weighted by molar-refractivity contribution is 5.76. The number of carbonyl (C=O) groups excluding carboxylic acids is 1. The Kier molecular flexibility index (Phi) is 3.50. The highest BCUT2D eigenvalue weighted by atomic mass is 19.1. The molecular formula is C15H15FN2O2. The first-order chi connectivity index (χ1) is 9.74. The lowest BCUT2D eigenvalue weighted by Gasteiger charge is -2.25. The van der Waals surface area contributed by atoms with Crippen molar-refractivity contribution < 1.29 is 13.7 Å². The molecule has 5 heteroatoms. The maximum Gasteiger partial charge on any atom is 0.223 e. The lowest BCUT2D eigenvalue weighted by atomic mass is 10.1. The van der Waals surface area contributed by atoms with Gasteiger partial charge in [-0.25, -0.2) is 4.39 Å². The lowest BCUT2D eigenvalue weighted by molar-refractivity contribution is -0.132. The summed E-state index contributed by atoms with van der Waals surface area (Å²) in [5.74, 6) is 0.656. The Morgan fingerprint density at radius 2 is 2.25 bits per heavy atom. The molecule has 2 aromatic rings. The van der Waals surface area contributed by atoms with Crippen LogP contribution in [0, 0.1) is 5.82 Å². The van der Waals surface area contributed by atoms with Gasteiger partial charge in [-0.15, -0.1) is 0 Å². The molecule has 0 radical (unpaired) electrons. The topological polar surface area (TPSA) is 46.3 Å². The quantitative estimate of drug-likeness (QED) is 0.863. The summed E-state index contributed by atoms with van der Waals surface area (Å²) in [5, 5.41) is 3.74. The average molecular weight is 274 g/mol. The minimum absolute atomic E-state index is 0.0418. The van der Waals surface area contributed by atoms with Gasteiger partial charge in [0, 0.05) is 24.9 Å². The molecule has 0 N–H and O–H groups in total. The first-order valence-corrected chi connectivity index (χ1v) is 6.67. The summed E-state index contributed by atoms with van der Waals surface area (Å²) in [5.41, 5.74) is 1.55. The maximum absolute atomic E-state index is 13.5. The third-order valence-electron chi connectivity index (χ3n) is 3.62. The monoisotopic (exact) mass is 274 g/mol. The Morgan fingerprint density at radius 3 is 3.10 bits per heavy atom. The number of benzene rings is 1. The fourth-order valence-corrected chi connectivity index (χ4v) is 2.45. The fraction of sp³-hybridized carbons (Fsp3) is 0.333. The van der Waals surface area contributed by atoms with Crippen LogP contribution in [0.15, 0.2) is 35.0 Å². The normalized spacial score (nSPS) is 14.2. The van der Waals surface area contributed by atoms with Gasteiger partial charge in [-0.05, 0) is 18.1 Å². The molecule has 0 aliphatic carbocycles. The minimum Gasteiger partial charge on any atom is -0.361 e. The van der Waals surface area contributed by atoms with Crippen LogP contribution in [0.1, 0.15) is 23.3 Å². The van der Waals surface area contributed by atoms with Gasteiger partial charge in [-0.2, -0.15) is 0 Å². The van der Waals surface area contributed by atoms with Crippen molar-refractivity contribution in [3.63, 3.8) is 0 Å². The number of fused-ring (bicyclic) bond motifs is 1. The van der Waals surface area contributed by atoms with Gasteiger partial charge in [0.2, 0.25) is 5.91 Å². The molecule has 1 aliphatic heterocycles. The molecule has 0 fully saturated rings. The second-order valence-electron chi connectivity index (χ2n) is 4.93. The van der Waals surface area contributed by atoms with Crippen LogP contribution >= 0.6 is 0 Å². The van der Waals surface area contributed by atoms with Crippen LogP contribution in [0.3, 0.4) is 0 Å². The van der Waals surface area contributed by atoms with Crippen molar-refractivity contribution in [1.29, 1.82) is 0 Å². The number of hydrogen-bond donors (Lipinski definition) is 0. The van der Waals surface area contributed by atoms with Crippen LogP contribution in [-0.2, 0) is 24.2 Å². The Morgan fingerprint density at radius 1 is 1.40 bits per heavy atom. The van der Waals surface area contributed by atoms with Crippen molar-refractivity contribution in [2.45, 2.75) is 25.8 Å². The van der Waals surface area contributed by atoms with E-state index in [0.29, 0.717) is 37.9 Å². The van der Waals surface area contributed by atoms with Crippen molar-refractivity contribution in [2.75, 3.05) is 6.54 Å². The van der Waals surface area contributed by atoms with Gasteiger partial charge in [-0.3, -0.25) is 4.79 Å². The maximum atomic E-state index is 13.5. The Hall–Kier alpha value is -2.17. The van der Waals surface area contributed by atoms with E-state index in [1.165, 1.54) is 6.07 Å². The van der Waals surface area contributed by atoms with Crippen LogP contribution in [-0.4, -0.2) is 22.5 Å². The second-order valence-corrected chi connectivity index (χ2v) is 4.93. The molecule has 0 spiro atoms. The molecule has 3 rings (SSSR count). The Balaban J connectivity index is 1.59. The van der Waals surface area contributed by atoms with Gasteiger partial charge in [0.15, 0.2) is 0 Å².